The Bertz CT molecular complexity index is 746. The zero-order valence-corrected chi connectivity index (χ0v) is 14.5. The first-order chi connectivity index (χ1) is 12.1. The first-order valence-corrected chi connectivity index (χ1v) is 8.43. The van der Waals surface area contributed by atoms with Crippen LogP contribution in [0.5, 0.6) is 5.75 Å². The van der Waals surface area contributed by atoms with Gasteiger partial charge in [0.15, 0.2) is 11.6 Å². The molecule has 2 amide bonds. The minimum Gasteiger partial charge on any atom is -0.494 e. The number of benzene rings is 1. The van der Waals surface area contributed by atoms with Gasteiger partial charge < -0.3 is 19.5 Å². The van der Waals surface area contributed by atoms with Gasteiger partial charge in [-0.05, 0) is 37.5 Å². The molecule has 134 valence electrons. The molecular formula is C18H23FN4O2. The molecule has 1 atom stereocenters. The van der Waals surface area contributed by atoms with Crippen LogP contribution in [0.15, 0.2) is 30.6 Å². The lowest BCUT2D eigenvalue weighted by Crippen LogP contribution is -2.44. The number of hydrogen-bond donors (Lipinski definition) is 1. The molecule has 1 N–H and O–H groups in total. The molecule has 25 heavy (non-hydrogen) atoms. The number of aryl methyl sites for hydroxylation is 1. The van der Waals surface area contributed by atoms with Crippen LogP contribution in [0.2, 0.25) is 0 Å². The number of methoxy groups -OCH3 is 1. The zero-order chi connectivity index (χ0) is 17.8. The van der Waals surface area contributed by atoms with Gasteiger partial charge in [-0.25, -0.2) is 14.2 Å². The number of imidazole rings is 1. The second kappa shape index (κ2) is 7.55. The predicted molar refractivity (Wildman–Crippen MR) is 91.9 cm³/mol. The largest absolute Gasteiger partial charge is 0.494 e. The number of aromatic nitrogens is 2. The molecule has 1 aromatic heterocycles. The summed E-state index contributed by atoms with van der Waals surface area (Å²) in [5, 5.41) is 2.88. The Balaban J connectivity index is 1.58. The molecule has 1 saturated heterocycles. The fourth-order valence-corrected chi connectivity index (χ4v) is 3.22. The van der Waals surface area contributed by atoms with Crippen molar-refractivity contribution in [3.63, 3.8) is 0 Å². The van der Waals surface area contributed by atoms with Gasteiger partial charge in [-0.15, -0.1) is 0 Å². The second-order valence-electron chi connectivity index (χ2n) is 6.24. The highest BCUT2D eigenvalue weighted by molar-refractivity contribution is 5.74. The zero-order valence-electron chi connectivity index (χ0n) is 14.5. The quantitative estimate of drug-likeness (QED) is 0.906. The summed E-state index contributed by atoms with van der Waals surface area (Å²) in [4.78, 5) is 18.6. The van der Waals surface area contributed by atoms with Gasteiger partial charge in [-0.2, -0.15) is 0 Å². The molecule has 1 aliphatic rings. The van der Waals surface area contributed by atoms with Crippen LogP contribution in [-0.2, 0) is 13.1 Å². The van der Waals surface area contributed by atoms with Gasteiger partial charge in [0.25, 0.3) is 0 Å². The van der Waals surface area contributed by atoms with E-state index >= 15 is 0 Å². The van der Waals surface area contributed by atoms with Crippen LogP contribution in [0.4, 0.5) is 9.18 Å². The molecule has 0 saturated carbocycles. The summed E-state index contributed by atoms with van der Waals surface area (Å²) in [5.74, 6) is 0.718. The standard InChI is InChI=1S/C18H23FN4O2/c1-13-20-7-9-22(13)12-15-4-3-8-23(15)18(24)21-11-14-5-6-17(25-2)16(19)10-14/h5-7,9-10,15H,3-4,8,11-12H2,1-2H3,(H,21,24). The van der Waals surface area contributed by atoms with Crippen LogP contribution < -0.4 is 10.1 Å². The number of amides is 2. The van der Waals surface area contributed by atoms with Gasteiger partial charge in [0.2, 0.25) is 0 Å². The SMILES string of the molecule is COc1ccc(CNC(=O)N2CCCC2Cn2ccnc2C)cc1F. The predicted octanol–water partition coefficient (Wildman–Crippen LogP) is 2.71. The van der Waals surface area contributed by atoms with Gasteiger partial charge in [-0.1, -0.05) is 6.07 Å². The van der Waals surface area contributed by atoms with E-state index in [1.54, 1.807) is 18.3 Å². The smallest absolute Gasteiger partial charge is 0.317 e. The molecule has 2 aromatic rings. The van der Waals surface area contributed by atoms with Gasteiger partial charge in [0.05, 0.1) is 13.2 Å². The third kappa shape index (κ3) is 3.92. The number of urea groups is 1. The van der Waals surface area contributed by atoms with Crippen molar-refractivity contribution in [2.45, 2.75) is 38.9 Å². The van der Waals surface area contributed by atoms with Crippen LogP contribution >= 0.6 is 0 Å². The van der Waals surface area contributed by atoms with E-state index in [9.17, 15) is 9.18 Å². The number of likely N-dealkylation sites (tertiary alicyclic amines) is 1. The Hall–Kier alpha value is -2.57. The van der Waals surface area contributed by atoms with Crippen molar-refractivity contribution in [2.24, 2.45) is 0 Å². The minimum atomic E-state index is -0.427. The van der Waals surface area contributed by atoms with E-state index in [4.69, 9.17) is 4.74 Å². The molecule has 6 nitrogen and oxygen atoms in total. The molecule has 0 aliphatic carbocycles. The Morgan fingerprint density at radius 2 is 2.32 bits per heavy atom. The maximum absolute atomic E-state index is 13.7. The average Bonchev–Trinajstić information content (AvgIpc) is 3.23. The van der Waals surface area contributed by atoms with Crippen LogP contribution in [0, 0.1) is 12.7 Å². The number of halogens is 1. The third-order valence-corrected chi connectivity index (χ3v) is 4.63. The maximum Gasteiger partial charge on any atom is 0.317 e. The fraction of sp³-hybridized carbons (Fsp3) is 0.444. The monoisotopic (exact) mass is 346 g/mol. The summed E-state index contributed by atoms with van der Waals surface area (Å²) >= 11 is 0. The van der Waals surface area contributed by atoms with Gasteiger partial charge >= 0.3 is 6.03 Å². The highest BCUT2D eigenvalue weighted by Crippen LogP contribution is 2.20. The summed E-state index contributed by atoms with van der Waals surface area (Å²) in [6.45, 7) is 3.72. The summed E-state index contributed by atoms with van der Waals surface area (Å²) in [6.07, 6.45) is 5.67. The lowest BCUT2D eigenvalue weighted by molar-refractivity contribution is 0.186. The summed E-state index contributed by atoms with van der Waals surface area (Å²) in [7, 11) is 1.43. The molecule has 1 aliphatic heterocycles. The van der Waals surface area contributed by atoms with Gasteiger partial charge in [0.1, 0.15) is 5.82 Å². The summed E-state index contributed by atoms with van der Waals surface area (Å²) in [5.41, 5.74) is 0.702. The van der Waals surface area contributed by atoms with Crippen molar-refractivity contribution in [1.29, 1.82) is 0 Å². The lowest BCUT2D eigenvalue weighted by atomic mass is 10.2. The molecular weight excluding hydrogens is 323 g/mol. The average molecular weight is 346 g/mol. The highest BCUT2D eigenvalue weighted by Gasteiger charge is 2.29. The third-order valence-electron chi connectivity index (χ3n) is 4.63. The van der Waals surface area contributed by atoms with Crippen LogP contribution in [0.1, 0.15) is 24.2 Å². The first kappa shape index (κ1) is 17.3. The van der Waals surface area contributed by atoms with Crippen LogP contribution in [0.25, 0.3) is 0 Å². The highest BCUT2D eigenvalue weighted by atomic mass is 19.1. The van der Waals surface area contributed by atoms with Gasteiger partial charge in [0, 0.05) is 32.0 Å². The Labute approximate surface area is 146 Å². The lowest BCUT2D eigenvalue weighted by Gasteiger charge is -2.25. The molecule has 1 fully saturated rings. The molecule has 0 radical (unpaired) electrons. The number of carbonyl (C=O) groups is 1. The second-order valence-corrected chi connectivity index (χ2v) is 6.24. The Kier molecular flexibility index (Phi) is 5.21. The number of carbonyl (C=O) groups excluding carboxylic acids is 1. The molecule has 1 aromatic carbocycles. The van der Waals surface area contributed by atoms with Crippen molar-refractivity contribution in [1.82, 2.24) is 19.8 Å². The van der Waals surface area contributed by atoms with E-state index in [-0.39, 0.29) is 24.4 Å². The normalized spacial score (nSPS) is 16.9. The molecule has 0 bridgehead atoms. The van der Waals surface area contributed by atoms with Crippen molar-refractivity contribution in [3.05, 3.63) is 47.8 Å². The summed E-state index contributed by atoms with van der Waals surface area (Å²) < 4.78 is 20.7. The molecule has 7 heteroatoms. The van der Waals surface area contributed by atoms with Crippen LogP contribution in [-0.4, -0.2) is 40.2 Å². The van der Waals surface area contributed by atoms with Crippen molar-refractivity contribution >= 4 is 6.03 Å². The van der Waals surface area contributed by atoms with E-state index < -0.39 is 5.82 Å². The van der Waals surface area contributed by atoms with E-state index in [1.165, 1.54) is 13.2 Å². The molecule has 3 rings (SSSR count). The Morgan fingerprint density at radius 1 is 1.48 bits per heavy atom. The molecule has 0 spiro atoms. The van der Waals surface area contributed by atoms with Crippen molar-refractivity contribution in [3.8, 4) is 5.75 Å². The van der Waals surface area contributed by atoms with E-state index in [1.807, 2.05) is 18.0 Å². The number of rotatable bonds is 5. The Morgan fingerprint density at radius 3 is 3.00 bits per heavy atom. The fourth-order valence-electron chi connectivity index (χ4n) is 3.22. The molecule has 2 heterocycles. The van der Waals surface area contributed by atoms with E-state index in [0.29, 0.717) is 5.56 Å². The molecule has 1 unspecified atom stereocenters. The number of nitrogens with zero attached hydrogens (tertiary/aromatic N) is 3. The topological polar surface area (TPSA) is 59.4 Å². The first-order valence-electron chi connectivity index (χ1n) is 8.43. The van der Waals surface area contributed by atoms with Gasteiger partial charge in [-0.3, -0.25) is 0 Å². The number of ether oxygens (including phenoxy) is 1. The number of nitrogens with one attached hydrogen (secondary N) is 1. The van der Waals surface area contributed by atoms with Crippen molar-refractivity contribution in [2.75, 3.05) is 13.7 Å². The maximum atomic E-state index is 13.7. The minimum absolute atomic E-state index is 0.114. The summed E-state index contributed by atoms with van der Waals surface area (Å²) in [6, 6.07) is 4.74. The van der Waals surface area contributed by atoms with Crippen LogP contribution in [0.3, 0.4) is 0 Å². The number of hydrogen-bond acceptors (Lipinski definition) is 3. The van der Waals surface area contributed by atoms with E-state index in [0.717, 1.165) is 31.8 Å². The van der Waals surface area contributed by atoms with E-state index in [2.05, 4.69) is 14.9 Å². The van der Waals surface area contributed by atoms with Crippen molar-refractivity contribution < 1.29 is 13.9 Å².